The molecule has 2 aromatic carbocycles. The van der Waals surface area contributed by atoms with Crippen molar-refractivity contribution in [1.29, 1.82) is 0 Å². The quantitative estimate of drug-likeness (QED) is 0.649. The van der Waals surface area contributed by atoms with Gasteiger partial charge in [0.15, 0.2) is 0 Å². The number of hydrogen-bond acceptors (Lipinski definition) is 2. The van der Waals surface area contributed by atoms with E-state index in [-0.39, 0.29) is 0 Å². The van der Waals surface area contributed by atoms with Crippen LogP contribution in [0.25, 0.3) is 11.1 Å². The molecule has 0 bridgehead atoms. The van der Waals surface area contributed by atoms with Crippen molar-refractivity contribution < 1.29 is 9.09 Å². The smallest absolute Gasteiger partial charge is 0.274 e. The SMILES string of the molecule is C[P@@]1(=O)Oc2ccccc2-c2ccccc21. The summed E-state index contributed by atoms with van der Waals surface area (Å²) in [5.41, 5.74) is 2.04. The molecule has 3 rings (SSSR count). The predicted molar refractivity (Wildman–Crippen MR) is 65.7 cm³/mol. The van der Waals surface area contributed by atoms with Gasteiger partial charge in [-0.1, -0.05) is 36.4 Å². The molecule has 80 valence electrons. The summed E-state index contributed by atoms with van der Waals surface area (Å²) in [4.78, 5) is 0. The summed E-state index contributed by atoms with van der Waals surface area (Å²) >= 11 is 0. The monoisotopic (exact) mass is 230 g/mol. The Bertz CT molecular complexity index is 604. The minimum Gasteiger partial charge on any atom is -0.439 e. The van der Waals surface area contributed by atoms with Crippen LogP contribution in [0, 0.1) is 0 Å². The second-order valence-corrected chi connectivity index (χ2v) is 6.31. The summed E-state index contributed by atoms with van der Waals surface area (Å²) in [5.74, 6) is 0.715. The first-order valence-corrected chi connectivity index (χ1v) is 7.22. The van der Waals surface area contributed by atoms with Crippen molar-refractivity contribution >= 4 is 12.7 Å². The fourth-order valence-electron chi connectivity index (χ4n) is 2.06. The summed E-state index contributed by atoms with van der Waals surface area (Å²) < 4.78 is 18.0. The highest BCUT2D eigenvalue weighted by molar-refractivity contribution is 7.67. The van der Waals surface area contributed by atoms with Crippen LogP contribution in [-0.4, -0.2) is 6.66 Å². The molecule has 1 atom stereocenters. The van der Waals surface area contributed by atoms with Gasteiger partial charge in [0, 0.05) is 12.2 Å². The molecule has 0 radical (unpaired) electrons. The lowest BCUT2D eigenvalue weighted by molar-refractivity contribution is 0.497. The maximum atomic E-state index is 12.4. The van der Waals surface area contributed by atoms with Crippen molar-refractivity contribution in [2.24, 2.45) is 0 Å². The highest BCUT2D eigenvalue weighted by Gasteiger charge is 2.30. The Morgan fingerprint density at radius 2 is 1.56 bits per heavy atom. The lowest BCUT2D eigenvalue weighted by atomic mass is 10.0. The highest BCUT2D eigenvalue weighted by atomic mass is 31.2. The summed E-state index contributed by atoms with van der Waals surface area (Å²) in [7, 11) is -2.71. The first kappa shape index (κ1) is 9.68. The standard InChI is InChI=1S/C13H11O2P/c1-16(14)13-9-5-3-7-11(13)10-6-2-4-8-12(10)15-16/h2-9H,1H3/t16-/m1/s1. The Morgan fingerprint density at radius 1 is 0.938 bits per heavy atom. The lowest BCUT2D eigenvalue weighted by Gasteiger charge is -2.25. The third kappa shape index (κ3) is 1.30. The summed E-state index contributed by atoms with van der Waals surface area (Å²) in [6.07, 6.45) is 0. The third-order valence-electron chi connectivity index (χ3n) is 2.79. The maximum Gasteiger partial charge on any atom is 0.274 e. The lowest BCUT2D eigenvalue weighted by Crippen LogP contribution is -2.16. The molecule has 1 heterocycles. The average Bonchev–Trinajstić information content (AvgIpc) is 2.29. The van der Waals surface area contributed by atoms with Crippen LogP contribution >= 0.6 is 7.37 Å². The van der Waals surface area contributed by atoms with Gasteiger partial charge in [0.2, 0.25) is 0 Å². The molecule has 1 aliphatic heterocycles. The molecule has 0 saturated heterocycles. The number of hydrogen-bond donors (Lipinski definition) is 0. The van der Waals surface area contributed by atoms with E-state index in [2.05, 4.69) is 0 Å². The summed E-state index contributed by atoms with van der Waals surface area (Å²) in [6, 6.07) is 15.4. The molecule has 16 heavy (non-hydrogen) atoms. The minimum absolute atomic E-state index is 0.715. The molecule has 0 aromatic heterocycles. The van der Waals surface area contributed by atoms with Crippen LogP contribution in [0.2, 0.25) is 0 Å². The Balaban J connectivity index is 2.38. The van der Waals surface area contributed by atoms with Crippen LogP contribution in [0.3, 0.4) is 0 Å². The molecular weight excluding hydrogens is 219 g/mol. The van der Waals surface area contributed by atoms with E-state index in [1.807, 2.05) is 48.5 Å². The van der Waals surface area contributed by atoms with Crippen LogP contribution in [0.5, 0.6) is 5.75 Å². The van der Waals surface area contributed by atoms with Gasteiger partial charge >= 0.3 is 0 Å². The molecule has 0 unspecified atom stereocenters. The zero-order valence-electron chi connectivity index (χ0n) is 8.88. The molecular formula is C13H11O2P. The maximum absolute atomic E-state index is 12.4. The first-order chi connectivity index (χ1) is 7.68. The van der Waals surface area contributed by atoms with E-state index in [0.29, 0.717) is 5.75 Å². The topological polar surface area (TPSA) is 26.3 Å². The van der Waals surface area contributed by atoms with E-state index in [1.165, 1.54) is 0 Å². The first-order valence-electron chi connectivity index (χ1n) is 5.14. The van der Waals surface area contributed by atoms with Gasteiger partial charge in [0.25, 0.3) is 7.37 Å². The van der Waals surface area contributed by atoms with Crippen molar-refractivity contribution in [2.75, 3.05) is 6.66 Å². The number of fused-ring (bicyclic) bond motifs is 3. The zero-order valence-corrected chi connectivity index (χ0v) is 9.78. The average molecular weight is 230 g/mol. The van der Waals surface area contributed by atoms with E-state index in [9.17, 15) is 4.57 Å². The molecule has 2 aromatic rings. The van der Waals surface area contributed by atoms with Crippen molar-refractivity contribution in [2.45, 2.75) is 0 Å². The molecule has 2 nitrogen and oxygen atoms in total. The van der Waals surface area contributed by atoms with Crippen LogP contribution in [-0.2, 0) is 4.57 Å². The number of rotatable bonds is 0. The fraction of sp³-hybridized carbons (Fsp3) is 0.0769. The second kappa shape index (κ2) is 3.23. The molecule has 3 heteroatoms. The Hall–Kier alpha value is -1.53. The van der Waals surface area contributed by atoms with Crippen LogP contribution in [0.4, 0.5) is 0 Å². The number of para-hydroxylation sites is 1. The molecule has 0 amide bonds. The van der Waals surface area contributed by atoms with E-state index in [1.54, 1.807) is 6.66 Å². The van der Waals surface area contributed by atoms with Gasteiger partial charge in [-0.25, -0.2) is 0 Å². The van der Waals surface area contributed by atoms with E-state index >= 15 is 0 Å². The Morgan fingerprint density at radius 3 is 2.38 bits per heavy atom. The van der Waals surface area contributed by atoms with Crippen molar-refractivity contribution in [3.05, 3.63) is 48.5 Å². The third-order valence-corrected chi connectivity index (χ3v) is 4.60. The minimum atomic E-state index is -2.71. The van der Waals surface area contributed by atoms with Gasteiger partial charge in [-0.15, -0.1) is 0 Å². The highest BCUT2D eigenvalue weighted by Crippen LogP contribution is 2.51. The van der Waals surface area contributed by atoms with Gasteiger partial charge in [-0.3, -0.25) is 4.57 Å². The van der Waals surface area contributed by atoms with E-state index < -0.39 is 7.37 Å². The largest absolute Gasteiger partial charge is 0.439 e. The fourth-order valence-corrected chi connectivity index (χ4v) is 3.68. The molecule has 1 aliphatic rings. The van der Waals surface area contributed by atoms with Crippen molar-refractivity contribution in [3.8, 4) is 16.9 Å². The van der Waals surface area contributed by atoms with E-state index in [4.69, 9.17) is 4.52 Å². The molecule has 0 aliphatic carbocycles. The molecule has 0 N–H and O–H groups in total. The van der Waals surface area contributed by atoms with Gasteiger partial charge < -0.3 is 4.52 Å². The number of benzene rings is 2. The van der Waals surface area contributed by atoms with Crippen LogP contribution in [0.15, 0.2) is 48.5 Å². The summed E-state index contributed by atoms with van der Waals surface area (Å²) in [6.45, 7) is 1.67. The molecule has 0 fully saturated rings. The van der Waals surface area contributed by atoms with Crippen LogP contribution in [0.1, 0.15) is 0 Å². The van der Waals surface area contributed by atoms with Gasteiger partial charge in [-0.2, -0.15) is 0 Å². The summed E-state index contributed by atoms with van der Waals surface area (Å²) in [5, 5.41) is 0.814. The predicted octanol–water partition coefficient (Wildman–Crippen LogP) is 3.28. The van der Waals surface area contributed by atoms with Gasteiger partial charge in [0.1, 0.15) is 5.75 Å². The molecule has 0 spiro atoms. The second-order valence-electron chi connectivity index (χ2n) is 3.95. The van der Waals surface area contributed by atoms with Crippen molar-refractivity contribution in [1.82, 2.24) is 0 Å². The van der Waals surface area contributed by atoms with E-state index in [0.717, 1.165) is 16.4 Å². The van der Waals surface area contributed by atoms with Gasteiger partial charge in [0.05, 0.1) is 5.30 Å². The van der Waals surface area contributed by atoms with Crippen molar-refractivity contribution in [3.63, 3.8) is 0 Å². The normalized spacial score (nSPS) is 21.8. The van der Waals surface area contributed by atoms with Gasteiger partial charge in [-0.05, 0) is 17.7 Å². The van der Waals surface area contributed by atoms with Crippen LogP contribution < -0.4 is 9.83 Å². The Kier molecular flexibility index (Phi) is 1.95. The molecule has 0 saturated carbocycles. The Labute approximate surface area is 94.3 Å². The zero-order chi connectivity index (χ0) is 11.2.